The Kier molecular flexibility index (Phi) is 4.12. The molecule has 1 fully saturated rings. The summed E-state index contributed by atoms with van der Waals surface area (Å²) in [5.74, 6) is 0.901. The van der Waals surface area contributed by atoms with E-state index >= 15 is 0 Å². The summed E-state index contributed by atoms with van der Waals surface area (Å²) in [5, 5.41) is 6.62. The summed E-state index contributed by atoms with van der Waals surface area (Å²) in [6, 6.07) is 5.05. The van der Waals surface area contributed by atoms with E-state index in [0.717, 1.165) is 12.5 Å². The topological polar surface area (TPSA) is 12.0 Å². The molecule has 0 spiro atoms. The lowest BCUT2D eigenvalue weighted by atomic mass is 10.1. The summed E-state index contributed by atoms with van der Waals surface area (Å²) in [6.07, 6.45) is 5.00. The quantitative estimate of drug-likeness (QED) is 0.817. The summed E-state index contributed by atoms with van der Waals surface area (Å²) >= 11 is 3.83. The largest absolute Gasteiger partial charge is 0.308 e. The van der Waals surface area contributed by atoms with Gasteiger partial charge in [0.15, 0.2) is 0 Å². The molecule has 1 aliphatic rings. The van der Waals surface area contributed by atoms with Crippen LogP contribution in [-0.2, 0) is 0 Å². The number of thiophene rings is 1. The third kappa shape index (κ3) is 3.23. The summed E-state index contributed by atoms with van der Waals surface area (Å²) in [7, 11) is 0. The maximum absolute atomic E-state index is 3.72. The Labute approximate surface area is 101 Å². The first-order valence-corrected chi connectivity index (χ1v) is 7.77. The molecule has 1 aromatic rings. The Balaban J connectivity index is 1.90. The molecule has 2 unspecified atom stereocenters. The predicted octanol–water partition coefficient (Wildman–Crippen LogP) is 3.54. The lowest BCUT2D eigenvalue weighted by molar-refractivity contribution is 0.491. The third-order valence-corrected chi connectivity index (χ3v) is 4.90. The molecule has 0 aliphatic heterocycles. The molecule has 0 aromatic carbocycles. The molecule has 1 heterocycles. The Hall–Kier alpha value is 0.01000. The van der Waals surface area contributed by atoms with Crippen molar-refractivity contribution in [1.82, 2.24) is 5.32 Å². The Morgan fingerprint density at radius 2 is 2.40 bits per heavy atom. The van der Waals surface area contributed by atoms with Crippen LogP contribution in [0, 0.1) is 5.92 Å². The zero-order valence-corrected chi connectivity index (χ0v) is 11.0. The number of hydrogen-bond acceptors (Lipinski definition) is 3. The summed E-state index contributed by atoms with van der Waals surface area (Å²) in [5.41, 5.74) is 0. The average molecular weight is 241 g/mol. The zero-order chi connectivity index (χ0) is 10.7. The normalized spacial score (nSPS) is 20.1. The highest BCUT2D eigenvalue weighted by atomic mass is 32.2. The van der Waals surface area contributed by atoms with E-state index in [-0.39, 0.29) is 0 Å². The molecular formula is C12H19NS2. The number of rotatable bonds is 6. The van der Waals surface area contributed by atoms with E-state index in [4.69, 9.17) is 0 Å². The van der Waals surface area contributed by atoms with Crippen molar-refractivity contribution in [3.63, 3.8) is 0 Å². The molecule has 0 radical (unpaired) electrons. The van der Waals surface area contributed by atoms with Crippen LogP contribution in [0.5, 0.6) is 0 Å². The monoisotopic (exact) mass is 241 g/mol. The van der Waals surface area contributed by atoms with Gasteiger partial charge in [0.25, 0.3) is 0 Å². The van der Waals surface area contributed by atoms with Crippen LogP contribution >= 0.6 is 23.1 Å². The molecule has 1 aromatic heterocycles. The zero-order valence-electron chi connectivity index (χ0n) is 9.40. The maximum Gasteiger partial charge on any atom is 0.0443 e. The first kappa shape index (κ1) is 11.5. The number of hydrogen-bond donors (Lipinski definition) is 1. The fourth-order valence-electron chi connectivity index (χ4n) is 1.77. The van der Waals surface area contributed by atoms with Gasteiger partial charge in [0.05, 0.1) is 0 Å². The molecular weight excluding hydrogens is 222 g/mol. The van der Waals surface area contributed by atoms with E-state index in [2.05, 4.69) is 36.0 Å². The molecule has 1 nitrogen and oxygen atoms in total. The van der Waals surface area contributed by atoms with E-state index in [1.807, 2.05) is 23.1 Å². The van der Waals surface area contributed by atoms with E-state index in [1.54, 1.807) is 0 Å². The SMILES string of the molecule is CSC(C)CNC(c1cccs1)C1CC1. The second kappa shape index (κ2) is 5.37. The van der Waals surface area contributed by atoms with Crippen molar-refractivity contribution in [2.24, 2.45) is 5.92 Å². The van der Waals surface area contributed by atoms with Gasteiger partial charge in [-0.3, -0.25) is 0 Å². The Bertz CT molecular complexity index is 280. The standard InChI is InChI=1S/C12H19NS2/c1-9(14-2)8-13-12(10-5-6-10)11-4-3-7-15-11/h3-4,7,9-10,12-13H,5-6,8H2,1-2H3. The van der Waals surface area contributed by atoms with Gasteiger partial charge in [-0.1, -0.05) is 13.0 Å². The fraction of sp³-hybridized carbons (Fsp3) is 0.667. The average Bonchev–Trinajstić information content (AvgIpc) is 2.94. The van der Waals surface area contributed by atoms with E-state index in [9.17, 15) is 0 Å². The van der Waals surface area contributed by atoms with Crippen molar-refractivity contribution in [3.8, 4) is 0 Å². The van der Waals surface area contributed by atoms with Gasteiger partial charge in [0.1, 0.15) is 0 Å². The van der Waals surface area contributed by atoms with Crippen LogP contribution in [0.25, 0.3) is 0 Å². The maximum atomic E-state index is 3.72. The predicted molar refractivity (Wildman–Crippen MR) is 70.8 cm³/mol. The number of nitrogens with one attached hydrogen (secondary N) is 1. The van der Waals surface area contributed by atoms with Gasteiger partial charge in [0, 0.05) is 22.7 Å². The van der Waals surface area contributed by atoms with E-state index in [1.165, 1.54) is 17.7 Å². The van der Waals surface area contributed by atoms with E-state index in [0.29, 0.717) is 11.3 Å². The molecule has 2 rings (SSSR count). The minimum atomic E-state index is 0.625. The molecule has 0 bridgehead atoms. The van der Waals surface area contributed by atoms with Crippen molar-refractivity contribution in [2.45, 2.75) is 31.1 Å². The molecule has 1 N–H and O–H groups in total. The second-order valence-electron chi connectivity index (χ2n) is 4.29. The second-order valence-corrected chi connectivity index (χ2v) is 6.54. The molecule has 1 saturated carbocycles. The molecule has 0 saturated heterocycles. The van der Waals surface area contributed by atoms with Gasteiger partial charge in [-0.25, -0.2) is 0 Å². The minimum absolute atomic E-state index is 0.625. The smallest absolute Gasteiger partial charge is 0.0443 e. The van der Waals surface area contributed by atoms with Crippen LogP contribution in [0.2, 0.25) is 0 Å². The highest BCUT2D eigenvalue weighted by Crippen LogP contribution is 2.42. The minimum Gasteiger partial charge on any atom is -0.308 e. The Morgan fingerprint density at radius 1 is 1.60 bits per heavy atom. The van der Waals surface area contributed by atoms with Crippen molar-refractivity contribution in [2.75, 3.05) is 12.8 Å². The molecule has 0 amide bonds. The van der Waals surface area contributed by atoms with Gasteiger partial charge >= 0.3 is 0 Å². The van der Waals surface area contributed by atoms with Crippen molar-refractivity contribution >= 4 is 23.1 Å². The highest BCUT2D eigenvalue weighted by molar-refractivity contribution is 7.99. The van der Waals surface area contributed by atoms with E-state index < -0.39 is 0 Å². The van der Waals surface area contributed by atoms with Gasteiger partial charge in [-0.15, -0.1) is 11.3 Å². The first-order valence-electron chi connectivity index (χ1n) is 5.61. The highest BCUT2D eigenvalue weighted by Gasteiger charge is 2.32. The van der Waals surface area contributed by atoms with Crippen LogP contribution in [0.1, 0.15) is 30.7 Å². The van der Waals surface area contributed by atoms with Crippen LogP contribution < -0.4 is 5.32 Å². The molecule has 84 valence electrons. The van der Waals surface area contributed by atoms with Gasteiger partial charge in [-0.2, -0.15) is 11.8 Å². The number of thioether (sulfide) groups is 1. The first-order chi connectivity index (χ1) is 7.31. The van der Waals surface area contributed by atoms with Gasteiger partial charge in [0.2, 0.25) is 0 Å². The van der Waals surface area contributed by atoms with Crippen LogP contribution in [0.4, 0.5) is 0 Å². The molecule has 1 aliphatic carbocycles. The van der Waals surface area contributed by atoms with Crippen LogP contribution in [0.15, 0.2) is 17.5 Å². The van der Waals surface area contributed by atoms with Crippen LogP contribution in [0.3, 0.4) is 0 Å². The summed E-state index contributed by atoms with van der Waals surface area (Å²) < 4.78 is 0. The van der Waals surface area contributed by atoms with Crippen molar-refractivity contribution in [1.29, 1.82) is 0 Å². The molecule has 15 heavy (non-hydrogen) atoms. The van der Waals surface area contributed by atoms with Crippen LogP contribution in [-0.4, -0.2) is 18.1 Å². The lowest BCUT2D eigenvalue weighted by Crippen LogP contribution is -2.28. The molecule has 3 heteroatoms. The van der Waals surface area contributed by atoms with Gasteiger partial charge < -0.3 is 5.32 Å². The summed E-state index contributed by atoms with van der Waals surface area (Å²) in [4.78, 5) is 1.52. The lowest BCUT2D eigenvalue weighted by Gasteiger charge is -2.19. The van der Waals surface area contributed by atoms with Crippen molar-refractivity contribution in [3.05, 3.63) is 22.4 Å². The third-order valence-electron chi connectivity index (χ3n) is 2.97. The van der Waals surface area contributed by atoms with Crippen molar-refractivity contribution < 1.29 is 0 Å². The molecule has 2 atom stereocenters. The summed E-state index contributed by atoms with van der Waals surface area (Å²) in [6.45, 7) is 3.41. The fourth-order valence-corrected chi connectivity index (χ4v) is 2.93. The Morgan fingerprint density at radius 3 is 2.93 bits per heavy atom. The van der Waals surface area contributed by atoms with Gasteiger partial charge in [-0.05, 0) is 36.5 Å².